The van der Waals surface area contributed by atoms with Gasteiger partial charge in [-0.15, -0.1) is 0 Å². The van der Waals surface area contributed by atoms with E-state index in [1.54, 1.807) is 0 Å². The minimum Gasteiger partial charge on any atom is -0.394 e. The Morgan fingerprint density at radius 3 is 2.21 bits per heavy atom. The number of hydrogen-bond acceptors (Lipinski definition) is 17. The van der Waals surface area contributed by atoms with E-state index in [2.05, 4.69) is 10.6 Å². The van der Waals surface area contributed by atoms with E-state index in [0.29, 0.717) is 38.9 Å². The topological polar surface area (TPSA) is 312 Å². The molecule has 17 heteroatoms. The summed E-state index contributed by atoms with van der Waals surface area (Å²) < 4.78 is 23.9. The van der Waals surface area contributed by atoms with Crippen LogP contribution in [0.25, 0.3) is 0 Å². The molecule has 18 N–H and O–H groups in total. The summed E-state index contributed by atoms with van der Waals surface area (Å²) in [6.07, 6.45) is -9.46. The van der Waals surface area contributed by atoms with E-state index in [-0.39, 0.29) is 25.6 Å². The predicted octanol–water partition coefficient (Wildman–Crippen LogP) is -6.98. The summed E-state index contributed by atoms with van der Waals surface area (Å²) in [5.41, 5.74) is 29.7. The molecule has 0 amide bonds. The lowest BCUT2D eigenvalue weighted by molar-refractivity contribution is -0.314. The highest BCUT2D eigenvalue weighted by Gasteiger charge is 2.50. The molecule has 2 heterocycles. The van der Waals surface area contributed by atoms with Gasteiger partial charge in [-0.2, -0.15) is 0 Å². The van der Waals surface area contributed by atoms with Crippen LogP contribution in [0.4, 0.5) is 0 Å². The number of aliphatic hydroxyl groups is 6. The van der Waals surface area contributed by atoms with Gasteiger partial charge in [0.05, 0.1) is 37.0 Å². The molecule has 1 aliphatic carbocycles. The van der Waals surface area contributed by atoms with Crippen molar-refractivity contribution >= 4 is 0 Å². The highest BCUT2D eigenvalue weighted by Crippen LogP contribution is 2.31. The third-order valence-electron chi connectivity index (χ3n) is 8.18. The lowest BCUT2D eigenvalue weighted by atomic mass is 9.83. The molecule has 0 aromatic carbocycles. The molecule has 3 rings (SSSR count). The average Bonchev–Trinajstić information content (AvgIpc) is 2.97. The molecule has 3 aliphatic rings. The summed E-state index contributed by atoms with van der Waals surface area (Å²) >= 11 is 0. The maximum absolute atomic E-state index is 11.5. The molecular weight excluding hydrogens is 558 g/mol. The molecule has 42 heavy (non-hydrogen) atoms. The minimum atomic E-state index is -1.48. The summed E-state index contributed by atoms with van der Waals surface area (Å²) in [7, 11) is 0. The number of aliphatic hydroxyl groups excluding tert-OH is 6. The van der Waals surface area contributed by atoms with Gasteiger partial charge >= 0.3 is 0 Å². The van der Waals surface area contributed by atoms with Crippen LogP contribution < -0.4 is 39.3 Å². The number of nitrogens with one attached hydrogen (secondary N) is 2. The van der Waals surface area contributed by atoms with Crippen LogP contribution in [0.5, 0.6) is 0 Å². The smallest absolute Gasteiger partial charge is 0.186 e. The number of rotatable bonds is 15. The van der Waals surface area contributed by atoms with Gasteiger partial charge in [0.2, 0.25) is 0 Å². The Balaban J connectivity index is 1.70. The number of ether oxygens (including phenoxy) is 4. The highest BCUT2D eigenvalue weighted by molar-refractivity contribution is 5.02. The van der Waals surface area contributed by atoms with Crippen LogP contribution in [0, 0.1) is 0 Å². The van der Waals surface area contributed by atoms with Crippen molar-refractivity contribution in [1.29, 1.82) is 0 Å². The Kier molecular flexibility index (Phi) is 14.6. The lowest BCUT2D eigenvalue weighted by Crippen LogP contribution is -2.68. The predicted molar refractivity (Wildman–Crippen MR) is 149 cm³/mol. The fraction of sp³-hybridized carbons (Fsp3) is 1.00. The zero-order valence-corrected chi connectivity index (χ0v) is 23.9. The van der Waals surface area contributed by atoms with Gasteiger partial charge in [0, 0.05) is 38.3 Å². The zero-order chi connectivity index (χ0) is 31.0. The van der Waals surface area contributed by atoms with Crippen molar-refractivity contribution < 1.29 is 49.6 Å². The third-order valence-corrected chi connectivity index (χ3v) is 8.18. The summed E-state index contributed by atoms with van der Waals surface area (Å²) in [5.74, 6) is 0. The fourth-order valence-electron chi connectivity index (χ4n) is 5.57. The molecule has 17 nitrogen and oxygen atoms in total. The molecule has 0 radical (unpaired) electrons. The van der Waals surface area contributed by atoms with E-state index in [0.717, 1.165) is 0 Å². The normalized spacial score (nSPS) is 42.8. The van der Waals surface area contributed by atoms with Crippen LogP contribution in [0.1, 0.15) is 25.7 Å². The van der Waals surface area contributed by atoms with E-state index >= 15 is 0 Å². The van der Waals surface area contributed by atoms with Crippen molar-refractivity contribution in [3.8, 4) is 0 Å². The van der Waals surface area contributed by atoms with Gasteiger partial charge < -0.3 is 88.9 Å². The van der Waals surface area contributed by atoms with E-state index in [1.165, 1.54) is 0 Å². The van der Waals surface area contributed by atoms with Gasteiger partial charge in [-0.3, -0.25) is 0 Å². The number of hydrogen-bond donors (Lipinski definition) is 13. The second-order valence-corrected chi connectivity index (χ2v) is 11.5. The number of nitrogens with two attached hydrogens (primary N) is 5. The summed E-state index contributed by atoms with van der Waals surface area (Å²) in [5, 5.41) is 68.2. The summed E-state index contributed by atoms with van der Waals surface area (Å²) in [4.78, 5) is 0. The second kappa shape index (κ2) is 17.1. The Morgan fingerprint density at radius 2 is 1.55 bits per heavy atom. The van der Waals surface area contributed by atoms with Crippen molar-refractivity contribution in [1.82, 2.24) is 10.6 Å². The molecule has 2 aliphatic heterocycles. The largest absolute Gasteiger partial charge is 0.394 e. The van der Waals surface area contributed by atoms with Crippen molar-refractivity contribution in [2.75, 3.05) is 39.3 Å². The van der Waals surface area contributed by atoms with Gasteiger partial charge in [0.15, 0.2) is 12.6 Å². The molecule has 3 unspecified atom stereocenters. The van der Waals surface area contributed by atoms with E-state index in [4.69, 9.17) is 47.6 Å². The molecule has 15 atom stereocenters. The van der Waals surface area contributed by atoms with Crippen LogP contribution >= 0.6 is 0 Å². The van der Waals surface area contributed by atoms with Crippen LogP contribution in [0.2, 0.25) is 0 Å². The quantitative estimate of drug-likeness (QED) is 0.0817. The third kappa shape index (κ3) is 9.41. The van der Waals surface area contributed by atoms with Crippen LogP contribution in [0.3, 0.4) is 0 Å². The first-order chi connectivity index (χ1) is 20.0. The average molecular weight is 612 g/mol. The molecule has 0 aromatic heterocycles. The first-order valence-electron chi connectivity index (χ1n) is 14.7. The second-order valence-electron chi connectivity index (χ2n) is 11.5. The summed E-state index contributed by atoms with van der Waals surface area (Å²) in [6.45, 7) is 0.690. The molecule has 0 aromatic rings. The van der Waals surface area contributed by atoms with Gasteiger partial charge in [-0.1, -0.05) is 0 Å². The first kappa shape index (κ1) is 35.8. The Hall–Kier alpha value is -0.680. The molecule has 1 saturated carbocycles. The van der Waals surface area contributed by atoms with Crippen molar-refractivity contribution in [2.45, 2.75) is 117 Å². The van der Waals surface area contributed by atoms with E-state index in [1.807, 2.05) is 0 Å². The van der Waals surface area contributed by atoms with Crippen LogP contribution in [-0.2, 0) is 18.9 Å². The van der Waals surface area contributed by atoms with Crippen molar-refractivity contribution in [2.24, 2.45) is 28.7 Å². The van der Waals surface area contributed by atoms with Crippen LogP contribution in [-0.4, -0.2) is 162 Å². The SMILES string of the molecule is NCCC(O)CNC[C@@H]1CC[C@@H](N)[C@@H](OC2[C@@H](N)C[C@@H](NCC(O)CN)[C@H](O[C@H]3O[C@H](CO)[C@@H](O)[C@H](N)[C@H]3O)[C@H]2O)O1. The van der Waals surface area contributed by atoms with Gasteiger partial charge in [-0.25, -0.2) is 0 Å². The first-order valence-corrected chi connectivity index (χ1v) is 14.7. The van der Waals surface area contributed by atoms with Crippen LogP contribution in [0.15, 0.2) is 0 Å². The lowest BCUT2D eigenvalue weighted by Gasteiger charge is -2.48. The molecule has 0 spiro atoms. The molecule has 3 fully saturated rings. The molecule has 2 saturated heterocycles. The Morgan fingerprint density at radius 1 is 0.833 bits per heavy atom. The monoisotopic (exact) mass is 611 g/mol. The van der Waals surface area contributed by atoms with E-state index in [9.17, 15) is 30.6 Å². The maximum atomic E-state index is 11.5. The molecule has 0 bridgehead atoms. The minimum absolute atomic E-state index is 0.000129. The summed E-state index contributed by atoms with van der Waals surface area (Å²) in [6, 6.07) is -3.02. The van der Waals surface area contributed by atoms with Gasteiger partial charge in [0.1, 0.15) is 36.6 Å². The fourth-order valence-corrected chi connectivity index (χ4v) is 5.57. The Bertz CT molecular complexity index is 779. The Labute approximate surface area is 245 Å². The van der Waals surface area contributed by atoms with E-state index < -0.39 is 92.2 Å². The molecular formula is C25H53N7O10. The van der Waals surface area contributed by atoms with Crippen molar-refractivity contribution in [3.63, 3.8) is 0 Å². The standard InChI is InChI=1S/C25H53N7O10/c26-4-3-11(34)7-31-9-13-1-2-14(28)24(39-13)41-22-15(29)5-16(32-8-12(35)6-27)23(21(22)38)42-25-20(37)18(30)19(36)17(10-33)40-25/h11-25,31-38H,1-10,26-30H2/t11?,12?,13-,14+,15-,16+,17+,18-,19+,20+,21-,22?,23-,24+,25+/m0/s1. The highest BCUT2D eigenvalue weighted by atomic mass is 16.7. The van der Waals surface area contributed by atoms with Gasteiger partial charge in [0.25, 0.3) is 0 Å². The molecule has 248 valence electrons. The zero-order valence-electron chi connectivity index (χ0n) is 23.9. The van der Waals surface area contributed by atoms with Gasteiger partial charge in [-0.05, 0) is 32.2 Å². The maximum Gasteiger partial charge on any atom is 0.186 e. The van der Waals surface area contributed by atoms with Crippen molar-refractivity contribution in [3.05, 3.63) is 0 Å².